The highest BCUT2D eigenvalue weighted by Crippen LogP contribution is 2.25. The average molecular weight is 523 g/mol. The van der Waals surface area contributed by atoms with Gasteiger partial charge in [0.05, 0.1) is 20.5 Å². The van der Waals surface area contributed by atoms with Crippen LogP contribution in [0.15, 0.2) is 89.4 Å². The molecule has 37 heavy (non-hydrogen) atoms. The number of oxime groups is 2. The molecular weight excluding hydrogens is 496 g/mol. The van der Waals surface area contributed by atoms with Crippen molar-refractivity contribution in [2.45, 2.75) is 13.5 Å². The molecule has 0 fully saturated rings. The summed E-state index contributed by atoms with van der Waals surface area (Å²) >= 11 is 6.02. The molecule has 0 saturated heterocycles. The lowest BCUT2D eigenvalue weighted by molar-refractivity contribution is -0.133. The molecule has 3 aromatic carbocycles. The van der Waals surface area contributed by atoms with Crippen molar-refractivity contribution in [2.75, 3.05) is 21.3 Å². The molecule has 0 saturated carbocycles. The van der Waals surface area contributed by atoms with E-state index in [1.165, 1.54) is 27.6 Å². The molecule has 0 bridgehead atoms. The highest BCUT2D eigenvalue weighted by atomic mass is 35.5. The first-order valence-corrected chi connectivity index (χ1v) is 11.6. The first-order chi connectivity index (χ1) is 18.0. The predicted octanol–water partition coefficient (Wildman–Crippen LogP) is 6.24. The van der Waals surface area contributed by atoms with Gasteiger partial charge in [0, 0.05) is 16.1 Å². The Morgan fingerprint density at radius 2 is 1.68 bits per heavy atom. The lowest BCUT2D eigenvalue weighted by Crippen LogP contribution is -2.13. The Balaban J connectivity index is 1.75. The molecule has 0 N–H and O–H groups in total. The molecule has 0 amide bonds. The Morgan fingerprint density at radius 1 is 0.919 bits per heavy atom. The van der Waals surface area contributed by atoms with Crippen LogP contribution in [0.3, 0.4) is 0 Å². The smallest absolute Gasteiger partial charge is 0.341 e. The number of esters is 1. The maximum atomic E-state index is 12.2. The number of carbonyl (C=O) groups is 1. The Kier molecular flexibility index (Phi) is 10.1. The summed E-state index contributed by atoms with van der Waals surface area (Å²) in [6, 6.07) is 21.7. The zero-order valence-corrected chi connectivity index (χ0v) is 21.7. The number of ether oxygens (including phenoxy) is 3. The van der Waals surface area contributed by atoms with Crippen LogP contribution >= 0.6 is 11.6 Å². The molecule has 0 aliphatic heterocycles. The maximum Gasteiger partial charge on any atom is 0.341 e. The Morgan fingerprint density at radius 3 is 2.35 bits per heavy atom. The second-order valence-electron chi connectivity index (χ2n) is 7.57. The monoisotopic (exact) mass is 522 g/mol. The summed E-state index contributed by atoms with van der Waals surface area (Å²) in [6.45, 7) is 1.85. The van der Waals surface area contributed by atoms with Crippen molar-refractivity contribution in [3.05, 3.63) is 101 Å². The van der Waals surface area contributed by atoms with Gasteiger partial charge in [-0.05, 0) is 55.0 Å². The summed E-state index contributed by atoms with van der Waals surface area (Å²) in [5.41, 5.74) is 3.34. The van der Waals surface area contributed by atoms with Crippen LogP contribution in [0.25, 0.3) is 5.57 Å². The minimum absolute atomic E-state index is 0.0955. The quantitative estimate of drug-likeness (QED) is 0.0974. The molecule has 0 radical (unpaired) electrons. The number of benzene rings is 3. The van der Waals surface area contributed by atoms with E-state index < -0.39 is 5.97 Å². The highest BCUT2D eigenvalue weighted by Gasteiger charge is 2.17. The summed E-state index contributed by atoms with van der Waals surface area (Å²) < 4.78 is 15.8. The van der Waals surface area contributed by atoms with E-state index in [1.807, 2.05) is 54.6 Å². The van der Waals surface area contributed by atoms with Crippen molar-refractivity contribution >= 4 is 34.6 Å². The van der Waals surface area contributed by atoms with Gasteiger partial charge in [-0.15, -0.1) is 0 Å². The lowest BCUT2D eigenvalue weighted by Gasteiger charge is -2.11. The number of hydrogen-bond acceptors (Lipinski definition) is 8. The lowest BCUT2D eigenvalue weighted by atomic mass is 10.0. The molecule has 0 aliphatic carbocycles. The maximum absolute atomic E-state index is 12.2. The van der Waals surface area contributed by atoms with Crippen molar-refractivity contribution in [2.24, 2.45) is 10.3 Å². The number of hydrogen-bond donors (Lipinski definition) is 0. The fraction of sp³-hybridized carbons (Fsp3) is 0.179. The van der Waals surface area contributed by atoms with E-state index >= 15 is 0 Å². The molecule has 0 spiro atoms. The zero-order valence-electron chi connectivity index (χ0n) is 20.9. The van der Waals surface area contributed by atoms with Crippen molar-refractivity contribution < 1.29 is 28.7 Å². The highest BCUT2D eigenvalue weighted by molar-refractivity contribution is 6.47. The molecule has 0 atom stereocenters. The van der Waals surface area contributed by atoms with Gasteiger partial charge in [-0.1, -0.05) is 52.2 Å². The van der Waals surface area contributed by atoms with Crippen molar-refractivity contribution in [1.82, 2.24) is 0 Å². The minimum atomic E-state index is -0.522. The Bertz CT molecular complexity index is 1300. The van der Waals surface area contributed by atoms with E-state index in [2.05, 4.69) is 10.3 Å². The molecular formula is C28H27ClN2O6. The van der Waals surface area contributed by atoms with Crippen LogP contribution in [-0.2, 0) is 30.6 Å². The van der Waals surface area contributed by atoms with Crippen molar-refractivity contribution in [1.29, 1.82) is 0 Å². The largest absolute Gasteiger partial charge is 0.503 e. The van der Waals surface area contributed by atoms with Gasteiger partial charge < -0.3 is 23.9 Å². The van der Waals surface area contributed by atoms with Gasteiger partial charge in [-0.25, -0.2) is 4.79 Å². The third kappa shape index (κ3) is 7.59. The van der Waals surface area contributed by atoms with Gasteiger partial charge in [0.2, 0.25) is 0 Å². The predicted molar refractivity (Wildman–Crippen MR) is 143 cm³/mol. The molecule has 192 valence electrons. The summed E-state index contributed by atoms with van der Waals surface area (Å²) in [6.07, 6.45) is 1.34. The minimum Gasteiger partial charge on any atom is -0.503 e. The van der Waals surface area contributed by atoms with Crippen molar-refractivity contribution in [3.8, 4) is 11.5 Å². The summed E-state index contributed by atoms with van der Waals surface area (Å²) in [5.74, 6) is 0.746. The summed E-state index contributed by atoms with van der Waals surface area (Å²) in [7, 11) is 4.23. The Labute approximate surface area is 220 Å². The van der Waals surface area contributed by atoms with Crippen LogP contribution in [0.4, 0.5) is 0 Å². The topological polar surface area (TPSA) is 87.9 Å². The van der Waals surface area contributed by atoms with E-state index in [4.69, 9.17) is 35.5 Å². The van der Waals surface area contributed by atoms with Gasteiger partial charge in [0.25, 0.3) is 0 Å². The van der Waals surface area contributed by atoms with E-state index in [0.29, 0.717) is 33.5 Å². The standard InChI is InChI=1S/C28H27ClN2O6/c1-19(30-36-17-21-8-5-6-11-25(21)26(18-33-2)28(32)34-3)27(31-35-4)20-12-14-23(15-13-20)37-24-10-7-9-22(29)16-24/h5-16,18H,17H2,1-4H3/b26-18+,30-19+,31-27+. The van der Waals surface area contributed by atoms with Gasteiger partial charge >= 0.3 is 5.97 Å². The van der Waals surface area contributed by atoms with Gasteiger partial charge in [-0.3, -0.25) is 0 Å². The van der Waals surface area contributed by atoms with Crippen LogP contribution in [-0.4, -0.2) is 38.7 Å². The number of nitrogens with zero attached hydrogens (tertiary/aromatic N) is 2. The number of methoxy groups -OCH3 is 2. The third-order valence-corrected chi connectivity index (χ3v) is 5.29. The number of rotatable bonds is 11. The van der Waals surface area contributed by atoms with E-state index in [-0.39, 0.29) is 12.2 Å². The normalized spacial score (nSPS) is 12.1. The van der Waals surface area contributed by atoms with Gasteiger partial charge in [0.15, 0.2) is 0 Å². The molecule has 0 aromatic heterocycles. The second kappa shape index (κ2) is 13.7. The van der Waals surface area contributed by atoms with E-state index in [9.17, 15) is 4.79 Å². The first kappa shape index (κ1) is 27.3. The average Bonchev–Trinajstić information content (AvgIpc) is 2.91. The summed E-state index contributed by atoms with van der Waals surface area (Å²) in [4.78, 5) is 22.9. The molecule has 9 heteroatoms. The van der Waals surface area contributed by atoms with E-state index in [1.54, 1.807) is 25.1 Å². The number of halogens is 1. The fourth-order valence-electron chi connectivity index (χ4n) is 3.37. The summed E-state index contributed by atoms with van der Waals surface area (Å²) in [5, 5.41) is 8.92. The SMILES string of the molecule is CO/C=C(/C(=O)OC)c1ccccc1CO/N=C(C)/C(=N\OC)c1ccc(Oc2cccc(Cl)c2)cc1. The molecule has 0 unspecified atom stereocenters. The molecule has 3 rings (SSSR count). The van der Waals surface area contributed by atoms with Crippen molar-refractivity contribution in [3.63, 3.8) is 0 Å². The zero-order chi connectivity index (χ0) is 26.6. The number of carbonyl (C=O) groups excluding carboxylic acids is 1. The van der Waals surface area contributed by atoms with Crippen LogP contribution < -0.4 is 4.74 Å². The van der Waals surface area contributed by atoms with Crippen LogP contribution in [0, 0.1) is 0 Å². The molecule has 3 aromatic rings. The van der Waals surface area contributed by atoms with Crippen LogP contribution in [0.2, 0.25) is 5.02 Å². The molecule has 0 heterocycles. The second-order valence-corrected chi connectivity index (χ2v) is 8.01. The fourth-order valence-corrected chi connectivity index (χ4v) is 3.55. The van der Waals surface area contributed by atoms with Gasteiger partial charge in [0.1, 0.15) is 42.2 Å². The van der Waals surface area contributed by atoms with Crippen LogP contribution in [0.5, 0.6) is 11.5 Å². The van der Waals surface area contributed by atoms with Crippen LogP contribution in [0.1, 0.15) is 23.6 Å². The molecule has 0 aliphatic rings. The molecule has 8 nitrogen and oxygen atoms in total. The Hall–Kier alpha value is -4.30. The van der Waals surface area contributed by atoms with Gasteiger partial charge in [-0.2, -0.15) is 0 Å². The first-order valence-electron chi connectivity index (χ1n) is 11.2. The third-order valence-electron chi connectivity index (χ3n) is 5.05. The van der Waals surface area contributed by atoms with E-state index in [0.717, 1.165) is 11.1 Å².